The number of carbonyl (C=O) groups is 2. The summed E-state index contributed by atoms with van der Waals surface area (Å²) in [7, 11) is 1.56. The molecule has 0 saturated carbocycles. The van der Waals surface area contributed by atoms with Gasteiger partial charge in [-0.05, 0) is 42.0 Å². The molecule has 2 N–H and O–H groups in total. The zero-order chi connectivity index (χ0) is 19.7. The fourth-order valence-electron chi connectivity index (χ4n) is 2.20. The fourth-order valence-corrected chi connectivity index (χ4v) is 2.20. The Bertz CT molecular complexity index is 637. The van der Waals surface area contributed by atoms with Crippen LogP contribution in [0.15, 0.2) is 24.3 Å². The summed E-state index contributed by atoms with van der Waals surface area (Å²) >= 11 is 0. The number of hydrogen-bond acceptors (Lipinski definition) is 4. The van der Waals surface area contributed by atoms with Crippen molar-refractivity contribution >= 4 is 18.0 Å². The molecule has 0 bridgehead atoms. The van der Waals surface area contributed by atoms with Gasteiger partial charge < -0.3 is 19.9 Å². The molecule has 6 nitrogen and oxygen atoms in total. The van der Waals surface area contributed by atoms with Gasteiger partial charge in [-0.25, -0.2) is 4.79 Å². The van der Waals surface area contributed by atoms with Crippen LogP contribution < -0.4 is 14.8 Å². The van der Waals surface area contributed by atoms with Crippen molar-refractivity contribution < 1.29 is 24.2 Å². The highest BCUT2D eigenvalue weighted by atomic mass is 16.5. The Morgan fingerprint density at radius 3 is 2.42 bits per heavy atom. The van der Waals surface area contributed by atoms with Gasteiger partial charge in [-0.2, -0.15) is 0 Å². The van der Waals surface area contributed by atoms with Gasteiger partial charge >= 0.3 is 5.97 Å². The molecule has 0 fully saturated rings. The molecule has 1 amide bonds. The summed E-state index contributed by atoms with van der Waals surface area (Å²) in [6.07, 6.45) is 3.87. The molecule has 0 heterocycles. The number of nitrogens with one attached hydrogen (secondary N) is 1. The van der Waals surface area contributed by atoms with Crippen LogP contribution in [0.2, 0.25) is 0 Å². The first kappa shape index (κ1) is 21.5. The van der Waals surface area contributed by atoms with Crippen molar-refractivity contribution in [3.8, 4) is 11.5 Å². The maximum absolute atomic E-state index is 11.9. The second-order valence-corrected chi connectivity index (χ2v) is 6.84. The van der Waals surface area contributed by atoms with Gasteiger partial charge in [-0.3, -0.25) is 4.79 Å². The molecule has 0 aliphatic rings. The Morgan fingerprint density at radius 1 is 1.19 bits per heavy atom. The molecule has 0 radical (unpaired) electrons. The number of benzene rings is 1. The summed E-state index contributed by atoms with van der Waals surface area (Å²) in [6.45, 7) is 8.36. The molecular formula is C20H29NO5. The Balaban J connectivity index is 2.75. The third-order valence-electron chi connectivity index (χ3n) is 3.80. The van der Waals surface area contributed by atoms with Crippen molar-refractivity contribution in [2.45, 2.75) is 40.2 Å². The number of carbonyl (C=O) groups excluding carboxylic acids is 1. The van der Waals surface area contributed by atoms with E-state index < -0.39 is 17.9 Å². The molecule has 0 aliphatic heterocycles. The van der Waals surface area contributed by atoms with Gasteiger partial charge in [0.25, 0.3) is 0 Å². The second-order valence-electron chi connectivity index (χ2n) is 6.84. The van der Waals surface area contributed by atoms with Crippen LogP contribution in [-0.4, -0.2) is 36.7 Å². The molecule has 0 aromatic heterocycles. The van der Waals surface area contributed by atoms with Gasteiger partial charge in [-0.1, -0.05) is 33.8 Å². The quantitative estimate of drug-likeness (QED) is 0.623. The van der Waals surface area contributed by atoms with Crippen LogP contribution in [0.1, 0.15) is 39.7 Å². The Kier molecular flexibility index (Phi) is 8.68. The summed E-state index contributed by atoms with van der Waals surface area (Å²) in [4.78, 5) is 23.1. The van der Waals surface area contributed by atoms with E-state index in [4.69, 9.17) is 14.6 Å². The maximum Gasteiger partial charge on any atom is 0.326 e. The minimum atomic E-state index is -1.05. The van der Waals surface area contributed by atoms with E-state index in [1.54, 1.807) is 39.2 Å². The van der Waals surface area contributed by atoms with Gasteiger partial charge in [0.15, 0.2) is 11.5 Å². The van der Waals surface area contributed by atoms with Crippen LogP contribution in [0.5, 0.6) is 11.5 Å². The summed E-state index contributed by atoms with van der Waals surface area (Å²) < 4.78 is 11.1. The SMILES string of the molecule is COc1cc(/C=C/C(=O)N[C@@H](C(=O)O)C(C)C)ccc1OCCC(C)C. The lowest BCUT2D eigenvalue weighted by Crippen LogP contribution is -2.43. The third kappa shape index (κ3) is 7.17. The summed E-state index contributed by atoms with van der Waals surface area (Å²) in [6, 6.07) is 4.46. The monoisotopic (exact) mass is 363 g/mol. The lowest BCUT2D eigenvalue weighted by atomic mass is 10.0. The minimum Gasteiger partial charge on any atom is -0.493 e. The van der Waals surface area contributed by atoms with E-state index in [2.05, 4.69) is 19.2 Å². The van der Waals surface area contributed by atoms with Crippen LogP contribution in [0, 0.1) is 11.8 Å². The molecule has 1 atom stereocenters. The summed E-state index contributed by atoms with van der Waals surface area (Å²) in [5, 5.41) is 11.6. The molecule has 0 aliphatic carbocycles. The van der Waals surface area contributed by atoms with Crippen molar-refractivity contribution in [3.05, 3.63) is 29.8 Å². The molecule has 0 unspecified atom stereocenters. The number of methoxy groups -OCH3 is 1. The third-order valence-corrected chi connectivity index (χ3v) is 3.80. The smallest absolute Gasteiger partial charge is 0.326 e. The summed E-state index contributed by atoms with van der Waals surface area (Å²) in [5.41, 5.74) is 0.754. The van der Waals surface area contributed by atoms with Crippen LogP contribution in [0.4, 0.5) is 0 Å². The predicted molar refractivity (Wildman–Crippen MR) is 101 cm³/mol. The van der Waals surface area contributed by atoms with E-state index in [1.165, 1.54) is 6.08 Å². The van der Waals surface area contributed by atoms with E-state index in [0.29, 0.717) is 24.0 Å². The van der Waals surface area contributed by atoms with Gasteiger partial charge in [0.05, 0.1) is 13.7 Å². The molecule has 1 aromatic rings. The molecule has 0 saturated heterocycles. The molecule has 0 spiro atoms. The Morgan fingerprint density at radius 2 is 1.88 bits per heavy atom. The van der Waals surface area contributed by atoms with Crippen molar-refractivity contribution in [1.82, 2.24) is 5.32 Å². The van der Waals surface area contributed by atoms with Gasteiger partial charge in [0.2, 0.25) is 5.91 Å². The number of amides is 1. The first-order chi connectivity index (χ1) is 12.2. The van der Waals surface area contributed by atoms with Crippen molar-refractivity contribution in [3.63, 3.8) is 0 Å². The van der Waals surface area contributed by atoms with E-state index >= 15 is 0 Å². The van der Waals surface area contributed by atoms with Crippen molar-refractivity contribution in [2.24, 2.45) is 11.8 Å². The zero-order valence-electron chi connectivity index (χ0n) is 16.1. The van der Waals surface area contributed by atoms with Crippen molar-refractivity contribution in [1.29, 1.82) is 0 Å². The first-order valence-corrected chi connectivity index (χ1v) is 8.76. The second kappa shape index (κ2) is 10.5. The molecule has 6 heteroatoms. The fraction of sp³-hybridized carbons (Fsp3) is 0.500. The van der Waals surface area contributed by atoms with Gasteiger partial charge in [-0.15, -0.1) is 0 Å². The van der Waals surface area contributed by atoms with Crippen LogP contribution in [-0.2, 0) is 9.59 Å². The Hall–Kier alpha value is -2.50. The average molecular weight is 363 g/mol. The van der Waals surface area contributed by atoms with Crippen LogP contribution >= 0.6 is 0 Å². The van der Waals surface area contributed by atoms with Gasteiger partial charge in [0.1, 0.15) is 6.04 Å². The number of rotatable bonds is 10. The lowest BCUT2D eigenvalue weighted by molar-refractivity contribution is -0.142. The first-order valence-electron chi connectivity index (χ1n) is 8.76. The number of ether oxygens (including phenoxy) is 2. The van der Waals surface area contributed by atoms with E-state index in [1.807, 2.05) is 6.07 Å². The molecule has 144 valence electrons. The zero-order valence-corrected chi connectivity index (χ0v) is 16.1. The maximum atomic E-state index is 11.9. The Labute approximate surface area is 155 Å². The molecular weight excluding hydrogens is 334 g/mol. The van der Waals surface area contributed by atoms with Gasteiger partial charge in [0, 0.05) is 6.08 Å². The molecule has 1 aromatic carbocycles. The van der Waals surface area contributed by atoms with Crippen LogP contribution in [0.25, 0.3) is 6.08 Å². The van der Waals surface area contributed by atoms with E-state index in [9.17, 15) is 9.59 Å². The molecule has 1 rings (SSSR count). The average Bonchev–Trinajstić information content (AvgIpc) is 2.57. The number of carboxylic acids is 1. The normalized spacial score (nSPS) is 12.4. The topological polar surface area (TPSA) is 84.9 Å². The predicted octanol–water partition coefficient (Wildman–Crippen LogP) is 3.36. The standard InChI is InChI=1S/C20H29NO5/c1-13(2)10-11-26-16-8-6-15(12-17(16)25-5)7-9-18(22)21-19(14(3)4)20(23)24/h6-9,12-14,19H,10-11H2,1-5H3,(H,21,22)(H,23,24)/b9-7+/t19-/m1/s1. The number of carboxylic acid groups (broad SMARTS) is 1. The largest absolute Gasteiger partial charge is 0.493 e. The molecule has 26 heavy (non-hydrogen) atoms. The highest BCUT2D eigenvalue weighted by Crippen LogP contribution is 2.28. The lowest BCUT2D eigenvalue weighted by Gasteiger charge is -2.16. The summed E-state index contributed by atoms with van der Waals surface area (Å²) in [5.74, 6) is 0.0884. The van der Waals surface area contributed by atoms with E-state index in [0.717, 1.165) is 12.0 Å². The van der Waals surface area contributed by atoms with Crippen molar-refractivity contribution in [2.75, 3.05) is 13.7 Å². The minimum absolute atomic E-state index is 0.202. The van der Waals surface area contributed by atoms with E-state index in [-0.39, 0.29) is 5.92 Å². The highest BCUT2D eigenvalue weighted by Gasteiger charge is 2.22. The highest BCUT2D eigenvalue weighted by molar-refractivity contribution is 5.94. The van der Waals surface area contributed by atoms with Crippen LogP contribution in [0.3, 0.4) is 0 Å². The number of aliphatic carboxylic acids is 1. The number of hydrogen-bond donors (Lipinski definition) is 2.